The number of hydrogen-bond donors (Lipinski definition) is 2. The Balaban J connectivity index is 1.24. The fourth-order valence-electron chi connectivity index (χ4n) is 4.40. The third-order valence-corrected chi connectivity index (χ3v) is 6.28. The Morgan fingerprint density at radius 3 is 2.66 bits per heavy atom. The van der Waals surface area contributed by atoms with E-state index < -0.39 is 0 Å². The van der Waals surface area contributed by atoms with Crippen molar-refractivity contribution in [3.63, 3.8) is 0 Å². The molecule has 170 valence electrons. The quantitative estimate of drug-likeness (QED) is 0.540. The van der Waals surface area contributed by atoms with Gasteiger partial charge in [0.25, 0.3) is 0 Å². The number of rotatable bonds is 6. The van der Waals surface area contributed by atoms with E-state index in [9.17, 15) is 4.79 Å². The van der Waals surface area contributed by atoms with E-state index in [-0.39, 0.29) is 5.91 Å². The molecule has 2 aromatic rings. The Morgan fingerprint density at radius 1 is 1.16 bits per heavy atom. The summed E-state index contributed by atoms with van der Waals surface area (Å²) in [5.74, 6) is 2.16. The van der Waals surface area contributed by atoms with Crippen molar-refractivity contribution >= 4 is 17.7 Å². The van der Waals surface area contributed by atoms with Crippen molar-refractivity contribution in [2.45, 2.75) is 51.7 Å². The number of aromatic nitrogens is 1. The highest BCUT2D eigenvalue weighted by Gasteiger charge is 2.21. The number of carbonyl (C=O) groups is 1. The minimum atomic E-state index is 0.266. The van der Waals surface area contributed by atoms with Crippen molar-refractivity contribution in [3.05, 3.63) is 59.3 Å². The number of anilines is 1. The molecule has 2 saturated heterocycles. The summed E-state index contributed by atoms with van der Waals surface area (Å²) >= 11 is 0. The van der Waals surface area contributed by atoms with Crippen LogP contribution in [0.5, 0.6) is 0 Å². The van der Waals surface area contributed by atoms with Crippen LogP contribution in [0.2, 0.25) is 0 Å². The van der Waals surface area contributed by atoms with Gasteiger partial charge in [0.05, 0.1) is 0 Å². The monoisotopic (exact) mass is 434 g/mol. The maximum atomic E-state index is 11.9. The van der Waals surface area contributed by atoms with Gasteiger partial charge in [-0.05, 0) is 48.9 Å². The molecule has 0 radical (unpaired) electrons. The fourth-order valence-corrected chi connectivity index (χ4v) is 4.40. The Kier molecular flexibility index (Phi) is 7.24. The van der Waals surface area contributed by atoms with Gasteiger partial charge in [0.1, 0.15) is 5.82 Å². The number of aryl methyl sites for hydroxylation is 1. The number of amides is 1. The lowest BCUT2D eigenvalue weighted by atomic mass is 10.1. The molecule has 0 saturated carbocycles. The van der Waals surface area contributed by atoms with Crippen LogP contribution in [0.4, 0.5) is 5.82 Å². The zero-order valence-electron chi connectivity index (χ0n) is 19.2. The highest BCUT2D eigenvalue weighted by Crippen LogP contribution is 2.18. The summed E-state index contributed by atoms with van der Waals surface area (Å²) in [6, 6.07) is 13.1. The van der Waals surface area contributed by atoms with Gasteiger partial charge < -0.3 is 20.4 Å². The first-order valence-electron chi connectivity index (χ1n) is 11.6. The molecule has 3 heterocycles. The molecule has 2 aliphatic rings. The average molecular weight is 435 g/mol. The lowest BCUT2D eigenvalue weighted by Crippen LogP contribution is -2.48. The van der Waals surface area contributed by atoms with E-state index in [1.54, 1.807) is 0 Å². The van der Waals surface area contributed by atoms with Gasteiger partial charge in [0.2, 0.25) is 5.91 Å². The molecule has 0 unspecified atom stereocenters. The largest absolute Gasteiger partial charge is 0.356 e. The number of benzene rings is 1. The Morgan fingerprint density at radius 2 is 1.97 bits per heavy atom. The first-order chi connectivity index (χ1) is 15.6. The van der Waals surface area contributed by atoms with Crippen molar-refractivity contribution in [3.8, 4) is 0 Å². The van der Waals surface area contributed by atoms with Crippen LogP contribution in [0, 0.1) is 6.92 Å². The molecular formula is C25H34N6O. The maximum Gasteiger partial charge on any atom is 0.222 e. The minimum absolute atomic E-state index is 0.266. The highest BCUT2D eigenvalue weighted by molar-refractivity contribution is 5.80. The molecule has 4 rings (SSSR count). The topological polar surface area (TPSA) is 72.9 Å². The van der Waals surface area contributed by atoms with Gasteiger partial charge in [-0.1, -0.05) is 30.3 Å². The molecule has 1 amide bonds. The molecule has 7 nitrogen and oxygen atoms in total. The molecule has 7 heteroatoms. The van der Waals surface area contributed by atoms with Crippen LogP contribution in [0.15, 0.2) is 47.6 Å². The Labute approximate surface area is 190 Å². The maximum absolute atomic E-state index is 11.9. The summed E-state index contributed by atoms with van der Waals surface area (Å²) in [7, 11) is 1.82. The predicted molar refractivity (Wildman–Crippen MR) is 129 cm³/mol. The molecule has 1 aromatic carbocycles. The zero-order chi connectivity index (χ0) is 22.3. The molecule has 0 aliphatic carbocycles. The normalized spacial score (nSPS) is 17.7. The SMILES string of the molecule is CN=C(NCc1cccc(CN2CCCC2=O)c1)NC1CCN(c2ccc(C)cn2)CC1. The zero-order valence-corrected chi connectivity index (χ0v) is 19.2. The molecule has 32 heavy (non-hydrogen) atoms. The van der Waals surface area contributed by atoms with Crippen molar-refractivity contribution in [2.24, 2.45) is 4.99 Å². The van der Waals surface area contributed by atoms with Gasteiger partial charge in [-0.15, -0.1) is 0 Å². The number of hydrogen-bond acceptors (Lipinski definition) is 4. The van der Waals surface area contributed by atoms with Gasteiger partial charge >= 0.3 is 0 Å². The summed E-state index contributed by atoms with van der Waals surface area (Å²) < 4.78 is 0. The molecule has 0 atom stereocenters. The second kappa shape index (κ2) is 10.5. The van der Waals surface area contributed by atoms with Crippen LogP contribution in [0.25, 0.3) is 0 Å². The summed E-state index contributed by atoms with van der Waals surface area (Å²) in [6.45, 7) is 6.32. The predicted octanol–water partition coefficient (Wildman–Crippen LogP) is 2.85. The standard InChI is InChI=1S/C25H34N6O/c1-19-8-9-23(27-16-19)30-13-10-22(11-14-30)29-25(26-2)28-17-20-5-3-6-21(15-20)18-31-12-4-7-24(31)32/h3,5-6,8-9,15-16,22H,4,7,10-14,17-18H2,1-2H3,(H2,26,28,29). The van der Waals surface area contributed by atoms with E-state index in [2.05, 4.69) is 68.8 Å². The van der Waals surface area contributed by atoms with E-state index in [4.69, 9.17) is 0 Å². The van der Waals surface area contributed by atoms with E-state index in [0.717, 1.165) is 50.7 Å². The third-order valence-electron chi connectivity index (χ3n) is 6.28. The number of nitrogens with one attached hydrogen (secondary N) is 2. The van der Waals surface area contributed by atoms with Crippen molar-refractivity contribution in [2.75, 3.05) is 31.6 Å². The Hall–Kier alpha value is -3.09. The van der Waals surface area contributed by atoms with Crippen LogP contribution in [0.3, 0.4) is 0 Å². The lowest BCUT2D eigenvalue weighted by molar-refractivity contribution is -0.128. The minimum Gasteiger partial charge on any atom is -0.356 e. The summed E-state index contributed by atoms with van der Waals surface area (Å²) in [6.07, 6.45) is 5.70. The van der Waals surface area contributed by atoms with E-state index >= 15 is 0 Å². The van der Waals surface area contributed by atoms with Crippen LogP contribution in [-0.2, 0) is 17.9 Å². The summed E-state index contributed by atoms with van der Waals surface area (Å²) in [5.41, 5.74) is 3.56. The van der Waals surface area contributed by atoms with Crippen LogP contribution >= 0.6 is 0 Å². The van der Waals surface area contributed by atoms with Crippen molar-refractivity contribution in [1.29, 1.82) is 0 Å². The molecule has 0 spiro atoms. The van der Waals surface area contributed by atoms with Crippen LogP contribution in [0.1, 0.15) is 42.4 Å². The number of likely N-dealkylation sites (tertiary alicyclic amines) is 1. The number of carbonyl (C=O) groups excluding carboxylic acids is 1. The van der Waals surface area contributed by atoms with Gasteiger partial charge in [-0.3, -0.25) is 9.79 Å². The smallest absolute Gasteiger partial charge is 0.222 e. The third kappa shape index (κ3) is 5.78. The fraction of sp³-hybridized carbons (Fsp3) is 0.480. The van der Waals surface area contributed by atoms with Crippen molar-refractivity contribution in [1.82, 2.24) is 20.5 Å². The van der Waals surface area contributed by atoms with Gasteiger partial charge in [0.15, 0.2) is 5.96 Å². The number of pyridine rings is 1. The Bertz CT molecular complexity index is 934. The summed E-state index contributed by atoms with van der Waals surface area (Å²) in [4.78, 5) is 25.2. The molecule has 2 N–H and O–H groups in total. The molecule has 0 bridgehead atoms. The molecular weight excluding hydrogens is 400 g/mol. The number of aliphatic imine (C=N–C) groups is 1. The van der Waals surface area contributed by atoms with E-state index in [1.165, 1.54) is 16.7 Å². The second-order valence-corrected chi connectivity index (χ2v) is 8.76. The van der Waals surface area contributed by atoms with Crippen molar-refractivity contribution < 1.29 is 4.79 Å². The number of guanidine groups is 1. The number of piperidine rings is 1. The summed E-state index contributed by atoms with van der Waals surface area (Å²) in [5, 5.41) is 7.02. The first kappa shape index (κ1) is 22.1. The molecule has 2 fully saturated rings. The second-order valence-electron chi connectivity index (χ2n) is 8.76. The average Bonchev–Trinajstić information content (AvgIpc) is 3.22. The molecule has 2 aliphatic heterocycles. The first-order valence-corrected chi connectivity index (χ1v) is 11.6. The van der Waals surface area contributed by atoms with Gasteiger partial charge in [-0.25, -0.2) is 4.98 Å². The van der Waals surface area contributed by atoms with Gasteiger partial charge in [0, 0.05) is 58.4 Å². The highest BCUT2D eigenvalue weighted by atomic mass is 16.2. The lowest BCUT2D eigenvalue weighted by Gasteiger charge is -2.33. The number of nitrogens with zero attached hydrogens (tertiary/aromatic N) is 4. The molecule has 1 aromatic heterocycles. The van der Waals surface area contributed by atoms with Gasteiger partial charge in [-0.2, -0.15) is 0 Å². The van der Waals surface area contributed by atoms with E-state index in [1.807, 2.05) is 18.1 Å². The van der Waals surface area contributed by atoms with Crippen LogP contribution in [-0.4, -0.2) is 54.5 Å². The van der Waals surface area contributed by atoms with E-state index in [0.29, 0.717) is 25.6 Å². The van der Waals surface area contributed by atoms with Crippen LogP contribution < -0.4 is 15.5 Å².